The van der Waals surface area contributed by atoms with Gasteiger partial charge in [-0.05, 0) is 41.5 Å². The standard InChI is InChI=1S/C20H22Cl2N2O2/c1-23(2)20(25)16-11-24(12-16)10-14-3-5-19(6-4-14)26-13-15-7-17(21)9-18(22)8-15/h3-9,16H,10-13H2,1-2H3. The summed E-state index contributed by atoms with van der Waals surface area (Å²) in [6.07, 6.45) is 0. The number of hydrogen-bond acceptors (Lipinski definition) is 3. The van der Waals surface area contributed by atoms with E-state index in [2.05, 4.69) is 17.0 Å². The SMILES string of the molecule is CN(C)C(=O)C1CN(Cc2ccc(OCc3cc(Cl)cc(Cl)c3)cc2)C1. The van der Waals surface area contributed by atoms with E-state index >= 15 is 0 Å². The van der Waals surface area contributed by atoms with Gasteiger partial charge in [0, 0.05) is 43.8 Å². The van der Waals surface area contributed by atoms with Gasteiger partial charge in [-0.15, -0.1) is 0 Å². The molecule has 0 unspecified atom stereocenters. The van der Waals surface area contributed by atoms with Crippen LogP contribution in [0.25, 0.3) is 0 Å². The number of nitrogens with zero attached hydrogens (tertiary/aromatic N) is 2. The van der Waals surface area contributed by atoms with E-state index in [4.69, 9.17) is 27.9 Å². The monoisotopic (exact) mass is 392 g/mol. The minimum atomic E-state index is 0.136. The van der Waals surface area contributed by atoms with Crippen LogP contribution < -0.4 is 4.74 Å². The summed E-state index contributed by atoms with van der Waals surface area (Å²) in [6.45, 7) is 2.91. The quantitative estimate of drug-likeness (QED) is 0.741. The molecule has 2 aromatic carbocycles. The van der Waals surface area contributed by atoms with Crippen LogP contribution >= 0.6 is 23.2 Å². The topological polar surface area (TPSA) is 32.8 Å². The molecule has 0 aliphatic carbocycles. The predicted octanol–water partition coefficient (Wildman–Crippen LogP) is 4.09. The van der Waals surface area contributed by atoms with Crippen molar-refractivity contribution in [1.29, 1.82) is 0 Å². The van der Waals surface area contributed by atoms with E-state index in [9.17, 15) is 4.79 Å². The van der Waals surface area contributed by atoms with Crippen molar-refractivity contribution in [1.82, 2.24) is 9.80 Å². The predicted molar refractivity (Wildman–Crippen MR) is 105 cm³/mol. The maximum Gasteiger partial charge on any atom is 0.227 e. The van der Waals surface area contributed by atoms with E-state index < -0.39 is 0 Å². The summed E-state index contributed by atoms with van der Waals surface area (Å²) in [6, 6.07) is 13.4. The smallest absolute Gasteiger partial charge is 0.227 e. The molecule has 0 bridgehead atoms. The van der Waals surface area contributed by atoms with Crippen molar-refractivity contribution in [3.05, 3.63) is 63.6 Å². The summed E-state index contributed by atoms with van der Waals surface area (Å²) in [5.74, 6) is 1.15. The Balaban J connectivity index is 1.48. The lowest BCUT2D eigenvalue weighted by atomic mass is 9.98. The maximum absolute atomic E-state index is 11.9. The molecule has 1 aliphatic heterocycles. The van der Waals surface area contributed by atoms with Gasteiger partial charge in [-0.3, -0.25) is 9.69 Å². The summed E-state index contributed by atoms with van der Waals surface area (Å²) in [5.41, 5.74) is 2.14. The van der Waals surface area contributed by atoms with Gasteiger partial charge in [0.2, 0.25) is 5.91 Å². The van der Waals surface area contributed by atoms with Gasteiger partial charge in [-0.1, -0.05) is 35.3 Å². The Labute approximate surface area is 164 Å². The Bertz CT molecular complexity index is 752. The summed E-state index contributed by atoms with van der Waals surface area (Å²) >= 11 is 12.0. The molecule has 2 aromatic rings. The van der Waals surface area contributed by atoms with Crippen LogP contribution in [0.15, 0.2) is 42.5 Å². The van der Waals surface area contributed by atoms with Gasteiger partial charge in [0.15, 0.2) is 0 Å². The first-order chi connectivity index (χ1) is 12.4. The van der Waals surface area contributed by atoms with Gasteiger partial charge in [0.1, 0.15) is 12.4 Å². The molecule has 4 nitrogen and oxygen atoms in total. The fraction of sp³-hybridized carbons (Fsp3) is 0.350. The second kappa shape index (κ2) is 8.30. The van der Waals surface area contributed by atoms with Crippen LogP contribution in [-0.2, 0) is 17.9 Å². The number of carbonyl (C=O) groups is 1. The van der Waals surface area contributed by atoms with Crippen molar-refractivity contribution in [3.8, 4) is 5.75 Å². The molecule has 1 amide bonds. The Hall–Kier alpha value is -1.75. The van der Waals surface area contributed by atoms with E-state index in [-0.39, 0.29) is 11.8 Å². The van der Waals surface area contributed by atoms with Gasteiger partial charge in [-0.2, -0.15) is 0 Å². The number of amides is 1. The lowest BCUT2D eigenvalue weighted by molar-refractivity contribution is -0.138. The molecule has 0 saturated carbocycles. The molecule has 0 spiro atoms. The van der Waals surface area contributed by atoms with Crippen molar-refractivity contribution in [2.75, 3.05) is 27.2 Å². The molecule has 1 saturated heterocycles. The highest BCUT2D eigenvalue weighted by molar-refractivity contribution is 6.34. The fourth-order valence-corrected chi connectivity index (χ4v) is 3.60. The Kier molecular flexibility index (Phi) is 6.07. The first-order valence-electron chi connectivity index (χ1n) is 8.51. The van der Waals surface area contributed by atoms with Gasteiger partial charge in [-0.25, -0.2) is 0 Å². The Morgan fingerprint density at radius 2 is 1.69 bits per heavy atom. The van der Waals surface area contributed by atoms with E-state index in [0.717, 1.165) is 30.9 Å². The van der Waals surface area contributed by atoms with Crippen molar-refractivity contribution in [3.63, 3.8) is 0 Å². The van der Waals surface area contributed by atoms with Crippen molar-refractivity contribution < 1.29 is 9.53 Å². The summed E-state index contributed by atoms with van der Waals surface area (Å²) in [7, 11) is 3.61. The van der Waals surface area contributed by atoms with E-state index in [0.29, 0.717) is 16.7 Å². The fourth-order valence-electron chi connectivity index (χ4n) is 3.03. The number of likely N-dealkylation sites (tertiary alicyclic amines) is 1. The molecular formula is C20H22Cl2N2O2. The number of ether oxygens (including phenoxy) is 1. The van der Waals surface area contributed by atoms with Crippen LogP contribution in [0.1, 0.15) is 11.1 Å². The van der Waals surface area contributed by atoms with Crippen LogP contribution in [0.3, 0.4) is 0 Å². The van der Waals surface area contributed by atoms with Crippen LogP contribution in [0.2, 0.25) is 10.0 Å². The third-order valence-electron chi connectivity index (χ3n) is 4.40. The van der Waals surface area contributed by atoms with E-state index in [1.54, 1.807) is 25.1 Å². The lowest BCUT2D eigenvalue weighted by Crippen LogP contribution is -2.52. The van der Waals surface area contributed by atoms with Gasteiger partial charge >= 0.3 is 0 Å². The zero-order valence-corrected chi connectivity index (χ0v) is 16.4. The molecule has 26 heavy (non-hydrogen) atoms. The van der Waals surface area contributed by atoms with Crippen molar-refractivity contribution in [2.45, 2.75) is 13.2 Å². The molecule has 0 radical (unpaired) electrons. The minimum Gasteiger partial charge on any atom is -0.489 e. The van der Waals surface area contributed by atoms with E-state index in [1.807, 2.05) is 24.3 Å². The molecule has 3 rings (SSSR count). The maximum atomic E-state index is 11.9. The van der Waals surface area contributed by atoms with Gasteiger partial charge in [0.05, 0.1) is 5.92 Å². The number of rotatable bonds is 6. The summed E-state index contributed by atoms with van der Waals surface area (Å²) in [4.78, 5) is 15.8. The molecule has 1 heterocycles. The third kappa shape index (κ3) is 4.91. The number of halogens is 2. The Morgan fingerprint density at radius 3 is 2.27 bits per heavy atom. The van der Waals surface area contributed by atoms with Gasteiger partial charge in [0.25, 0.3) is 0 Å². The molecule has 138 valence electrons. The molecular weight excluding hydrogens is 371 g/mol. The average Bonchev–Trinajstić information content (AvgIpc) is 2.55. The van der Waals surface area contributed by atoms with Crippen LogP contribution in [-0.4, -0.2) is 42.9 Å². The van der Waals surface area contributed by atoms with Crippen LogP contribution in [0.5, 0.6) is 5.75 Å². The average molecular weight is 393 g/mol. The minimum absolute atomic E-state index is 0.136. The normalized spacial score (nSPS) is 14.8. The van der Waals surface area contributed by atoms with Crippen LogP contribution in [0, 0.1) is 5.92 Å². The molecule has 0 atom stereocenters. The second-order valence-corrected chi connectivity index (χ2v) is 7.71. The molecule has 1 fully saturated rings. The summed E-state index contributed by atoms with van der Waals surface area (Å²) in [5, 5.41) is 1.21. The highest BCUT2D eigenvalue weighted by atomic mass is 35.5. The van der Waals surface area contributed by atoms with Gasteiger partial charge < -0.3 is 9.64 Å². The largest absolute Gasteiger partial charge is 0.489 e. The number of benzene rings is 2. The zero-order valence-electron chi connectivity index (χ0n) is 14.9. The first kappa shape index (κ1) is 19.0. The van der Waals surface area contributed by atoms with Crippen molar-refractivity contribution >= 4 is 29.1 Å². The summed E-state index contributed by atoms with van der Waals surface area (Å²) < 4.78 is 5.80. The van der Waals surface area contributed by atoms with E-state index in [1.165, 1.54) is 5.56 Å². The Morgan fingerprint density at radius 1 is 1.08 bits per heavy atom. The highest BCUT2D eigenvalue weighted by Gasteiger charge is 2.33. The highest BCUT2D eigenvalue weighted by Crippen LogP contribution is 2.23. The molecule has 6 heteroatoms. The van der Waals surface area contributed by atoms with Crippen molar-refractivity contribution in [2.24, 2.45) is 5.92 Å². The number of carbonyl (C=O) groups excluding carboxylic acids is 1. The molecule has 0 N–H and O–H groups in total. The third-order valence-corrected chi connectivity index (χ3v) is 4.84. The zero-order chi connectivity index (χ0) is 18.7. The van der Waals surface area contributed by atoms with Crippen LogP contribution in [0.4, 0.5) is 0 Å². The second-order valence-electron chi connectivity index (χ2n) is 6.83. The number of hydrogen-bond donors (Lipinski definition) is 0. The molecule has 0 aromatic heterocycles. The first-order valence-corrected chi connectivity index (χ1v) is 9.26. The lowest BCUT2D eigenvalue weighted by Gasteiger charge is -2.39. The molecule has 1 aliphatic rings.